The minimum atomic E-state index is -0.622. The van der Waals surface area contributed by atoms with Gasteiger partial charge < -0.3 is 15.0 Å². The first-order valence-electron chi connectivity index (χ1n) is 6.07. The highest BCUT2D eigenvalue weighted by atomic mass is 16.5. The third kappa shape index (κ3) is 3.03. The van der Waals surface area contributed by atoms with E-state index < -0.39 is 11.9 Å². The molecule has 0 unspecified atom stereocenters. The molecule has 104 valence electrons. The number of aromatic nitrogens is 2. The normalized spacial score (nSPS) is 10.1. The number of imidazole rings is 1. The quantitative estimate of drug-likeness (QED) is 0.825. The number of rotatable bonds is 4. The molecule has 6 nitrogen and oxygen atoms in total. The molecule has 0 atom stereocenters. The lowest BCUT2D eigenvalue weighted by Gasteiger charge is -2.05. The molecule has 1 aromatic heterocycles. The minimum Gasteiger partial charge on any atom is -0.464 e. The minimum absolute atomic E-state index is 0.0314. The molecule has 0 aliphatic carbocycles. The van der Waals surface area contributed by atoms with E-state index in [2.05, 4.69) is 20.0 Å². The Morgan fingerprint density at radius 2 is 2.00 bits per heavy atom. The second kappa shape index (κ2) is 6.01. The van der Waals surface area contributed by atoms with E-state index in [4.69, 9.17) is 0 Å². The molecule has 0 aliphatic rings. The standard InChI is InChI=1S/C14H15N3O3/c1-9-3-5-10(6-4-9)7-15-13(18)11-12(14(19)20-2)17-8-16-11/h3-6,8H,7H2,1-2H3,(H,15,18)(H,16,17). The molecule has 0 aliphatic heterocycles. The highest BCUT2D eigenvalue weighted by Crippen LogP contribution is 2.06. The zero-order valence-corrected chi connectivity index (χ0v) is 11.3. The highest BCUT2D eigenvalue weighted by Gasteiger charge is 2.20. The number of aryl methyl sites for hydroxylation is 1. The van der Waals surface area contributed by atoms with Crippen LogP contribution in [0.5, 0.6) is 0 Å². The molecule has 0 fully saturated rings. The number of nitrogens with zero attached hydrogens (tertiary/aromatic N) is 1. The number of ether oxygens (including phenoxy) is 1. The van der Waals surface area contributed by atoms with Crippen molar-refractivity contribution in [2.24, 2.45) is 0 Å². The van der Waals surface area contributed by atoms with Crippen molar-refractivity contribution in [1.29, 1.82) is 0 Å². The maximum absolute atomic E-state index is 12.0. The molecular formula is C14H15N3O3. The van der Waals surface area contributed by atoms with Crippen molar-refractivity contribution in [2.75, 3.05) is 7.11 Å². The van der Waals surface area contributed by atoms with Crippen LogP contribution in [0, 0.1) is 6.92 Å². The van der Waals surface area contributed by atoms with Gasteiger partial charge in [-0.3, -0.25) is 4.79 Å². The van der Waals surface area contributed by atoms with E-state index in [1.54, 1.807) is 0 Å². The van der Waals surface area contributed by atoms with Gasteiger partial charge in [0.1, 0.15) is 0 Å². The topological polar surface area (TPSA) is 84.1 Å². The van der Waals surface area contributed by atoms with Crippen LogP contribution in [0.4, 0.5) is 0 Å². The van der Waals surface area contributed by atoms with Crippen molar-refractivity contribution in [3.8, 4) is 0 Å². The van der Waals surface area contributed by atoms with Crippen molar-refractivity contribution in [1.82, 2.24) is 15.3 Å². The van der Waals surface area contributed by atoms with Crippen LogP contribution in [-0.2, 0) is 11.3 Å². The van der Waals surface area contributed by atoms with Crippen LogP contribution < -0.4 is 5.32 Å². The van der Waals surface area contributed by atoms with Gasteiger partial charge >= 0.3 is 5.97 Å². The molecule has 0 saturated carbocycles. The number of carbonyl (C=O) groups is 2. The van der Waals surface area contributed by atoms with Crippen molar-refractivity contribution in [2.45, 2.75) is 13.5 Å². The molecule has 1 heterocycles. The van der Waals surface area contributed by atoms with E-state index in [-0.39, 0.29) is 11.4 Å². The molecule has 1 amide bonds. The highest BCUT2D eigenvalue weighted by molar-refractivity contribution is 6.02. The van der Waals surface area contributed by atoms with E-state index in [0.717, 1.165) is 11.1 Å². The van der Waals surface area contributed by atoms with Crippen LogP contribution in [-0.4, -0.2) is 29.0 Å². The van der Waals surface area contributed by atoms with Crippen molar-refractivity contribution < 1.29 is 14.3 Å². The molecule has 0 spiro atoms. The van der Waals surface area contributed by atoms with E-state index in [0.29, 0.717) is 6.54 Å². The van der Waals surface area contributed by atoms with Gasteiger partial charge in [0.05, 0.1) is 13.4 Å². The van der Waals surface area contributed by atoms with Crippen LogP contribution >= 0.6 is 0 Å². The van der Waals surface area contributed by atoms with Gasteiger partial charge in [0, 0.05) is 6.54 Å². The molecule has 0 saturated heterocycles. The average Bonchev–Trinajstić information content (AvgIpc) is 2.95. The fourth-order valence-electron chi connectivity index (χ4n) is 1.70. The Hall–Kier alpha value is -2.63. The number of esters is 1. The van der Waals surface area contributed by atoms with Gasteiger partial charge in [-0.05, 0) is 12.5 Å². The zero-order chi connectivity index (χ0) is 14.5. The number of benzene rings is 1. The summed E-state index contributed by atoms with van der Waals surface area (Å²) < 4.78 is 4.57. The second-order valence-electron chi connectivity index (χ2n) is 4.29. The summed E-state index contributed by atoms with van der Waals surface area (Å²) in [6, 6.07) is 7.80. The molecule has 6 heteroatoms. The van der Waals surface area contributed by atoms with Crippen molar-refractivity contribution in [3.05, 3.63) is 53.1 Å². The Morgan fingerprint density at radius 3 is 2.65 bits per heavy atom. The second-order valence-corrected chi connectivity index (χ2v) is 4.29. The first kappa shape index (κ1) is 13.8. The van der Waals surface area contributed by atoms with Crippen molar-refractivity contribution >= 4 is 11.9 Å². The Labute approximate surface area is 116 Å². The number of hydrogen-bond donors (Lipinski definition) is 2. The molecule has 2 N–H and O–H groups in total. The number of hydrogen-bond acceptors (Lipinski definition) is 4. The first-order chi connectivity index (χ1) is 9.61. The van der Waals surface area contributed by atoms with E-state index in [1.807, 2.05) is 31.2 Å². The summed E-state index contributed by atoms with van der Waals surface area (Å²) in [7, 11) is 1.25. The van der Waals surface area contributed by atoms with E-state index >= 15 is 0 Å². The Bertz CT molecular complexity index is 617. The van der Waals surface area contributed by atoms with Gasteiger partial charge in [0.15, 0.2) is 11.4 Å². The van der Waals surface area contributed by atoms with Gasteiger partial charge in [-0.1, -0.05) is 29.8 Å². The third-order valence-corrected chi connectivity index (χ3v) is 2.82. The Kier molecular flexibility index (Phi) is 4.14. The van der Waals surface area contributed by atoms with E-state index in [1.165, 1.54) is 13.4 Å². The monoisotopic (exact) mass is 273 g/mol. The van der Waals surface area contributed by atoms with Gasteiger partial charge in [0.2, 0.25) is 0 Å². The molecule has 20 heavy (non-hydrogen) atoms. The smallest absolute Gasteiger partial charge is 0.356 e. The SMILES string of the molecule is COC(=O)c1[nH]cnc1C(=O)NCc1ccc(C)cc1. The maximum atomic E-state index is 12.0. The van der Waals surface area contributed by atoms with Gasteiger partial charge in [-0.25, -0.2) is 9.78 Å². The molecule has 2 rings (SSSR count). The maximum Gasteiger partial charge on any atom is 0.356 e. The number of aromatic amines is 1. The summed E-state index contributed by atoms with van der Waals surface area (Å²) in [4.78, 5) is 29.9. The van der Waals surface area contributed by atoms with Crippen LogP contribution in [0.1, 0.15) is 32.1 Å². The molecule has 0 radical (unpaired) electrons. The first-order valence-corrected chi connectivity index (χ1v) is 6.07. The summed E-state index contributed by atoms with van der Waals surface area (Å²) in [6.07, 6.45) is 1.28. The summed E-state index contributed by atoms with van der Waals surface area (Å²) in [5, 5.41) is 2.71. The lowest BCUT2D eigenvalue weighted by Crippen LogP contribution is -2.25. The number of methoxy groups -OCH3 is 1. The fraction of sp³-hybridized carbons (Fsp3) is 0.214. The average molecular weight is 273 g/mol. The summed E-state index contributed by atoms with van der Waals surface area (Å²) >= 11 is 0. The predicted molar refractivity (Wildman–Crippen MR) is 72.3 cm³/mol. The number of nitrogens with one attached hydrogen (secondary N) is 2. The lowest BCUT2D eigenvalue weighted by atomic mass is 10.1. The third-order valence-electron chi connectivity index (χ3n) is 2.82. The van der Waals surface area contributed by atoms with Crippen LogP contribution in [0.2, 0.25) is 0 Å². The predicted octanol–water partition coefficient (Wildman–Crippen LogP) is 1.43. The zero-order valence-electron chi connectivity index (χ0n) is 11.3. The molecular weight excluding hydrogens is 258 g/mol. The molecule has 2 aromatic rings. The van der Waals surface area contributed by atoms with Gasteiger partial charge in [-0.15, -0.1) is 0 Å². The van der Waals surface area contributed by atoms with Crippen LogP contribution in [0.25, 0.3) is 0 Å². The summed E-state index contributed by atoms with van der Waals surface area (Å²) in [5.74, 6) is -1.05. The van der Waals surface area contributed by atoms with Gasteiger partial charge in [-0.2, -0.15) is 0 Å². The van der Waals surface area contributed by atoms with E-state index in [9.17, 15) is 9.59 Å². The number of amides is 1. The number of H-pyrrole nitrogens is 1. The number of carbonyl (C=O) groups excluding carboxylic acids is 2. The summed E-state index contributed by atoms with van der Waals surface area (Å²) in [6.45, 7) is 2.36. The van der Waals surface area contributed by atoms with Crippen LogP contribution in [0.3, 0.4) is 0 Å². The largest absolute Gasteiger partial charge is 0.464 e. The Balaban J connectivity index is 2.04. The fourth-order valence-corrected chi connectivity index (χ4v) is 1.70. The Morgan fingerprint density at radius 1 is 1.30 bits per heavy atom. The molecule has 1 aromatic carbocycles. The summed E-state index contributed by atoms with van der Waals surface area (Å²) in [5.41, 5.74) is 2.21. The lowest BCUT2D eigenvalue weighted by molar-refractivity contribution is 0.0590. The van der Waals surface area contributed by atoms with Gasteiger partial charge in [0.25, 0.3) is 5.91 Å². The van der Waals surface area contributed by atoms with Crippen LogP contribution in [0.15, 0.2) is 30.6 Å². The van der Waals surface area contributed by atoms with Crippen molar-refractivity contribution in [3.63, 3.8) is 0 Å². The molecule has 0 bridgehead atoms.